The Morgan fingerprint density at radius 3 is 1.35 bits per heavy atom. The van der Waals surface area contributed by atoms with Crippen LogP contribution in [-0.4, -0.2) is 84.4 Å². The zero-order valence-electron chi connectivity index (χ0n) is 37.4. The number of ether oxygens (including phenoxy) is 8. The molecule has 18 heteroatoms. The van der Waals surface area contributed by atoms with Gasteiger partial charge >= 0.3 is 47.8 Å². The molecule has 4 aromatic rings. The topological polar surface area (TPSA) is 251 Å². The highest BCUT2D eigenvalue weighted by Crippen LogP contribution is 2.33. The molecule has 0 bridgehead atoms. The van der Waals surface area contributed by atoms with Crippen LogP contribution in [-0.2, 0) is 40.0 Å². The van der Waals surface area contributed by atoms with Crippen LogP contribution in [0.4, 0.5) is 0 Å². The lowest BCUT2D eigenvalue weighted by atomic mass is 9.82. The molecule has 4 aromatic carbocycles. The summed E-state index contributed by atoms with van der Waals surface area (Å²) in [6.07, 6.45) is 5.59. The predicted molar refractivity (Wildman–Crippen MR) is 242 cm³/mol. The fraction of sp³-hybridized carbons (Fsp3) is 0.294. The van der Waals surface area contributed by atoms with E-state index in [9.17, 15) is 48.6 Å². The second-order valence-electron chi connectivity index (χ2n) is 15.4. The number of carbonyl (C=O) groups is 8. The first-order valence-electron chi connectivity index (χ1n) is 21.8. The minimum Gasteiger partial charge on any atom is -0.494 e. The van der Waals surface area contributed by atoms with E-state index in [-0.39, 0.29) is 79.6 Å². The van der Waals surface area contributed by atoms with Gasteiger partial charge < -0.3 is 48.1 Å². The summed E-state index contributed by atoms with van der Waals surface area (Å²) >= 11 is 0. The smallest absolute Gasteiger partial charge is 0.343 e. The highest BCUT2D eigenvalue weighted by molar-refractivity contribution is 5.97. The van der Waals surface area contributed by atoms with Crippen molar-refractivity contribution in [2.45, 2.75) is 58.0 Å². The minimum absolute atomic E-state index is 0.0953. The largest absolute Gasteiger partial charge is 0.494 e. The van der Waals surface area contributed by atoms with Crippen molar-refractivity contribution in [3.05, 3.63) is 138 Å². The van der Waals surface area contributed by atoms with Gasteiger partial charge in [0.25, 0.3) is 0 Å². The number of hydrogen-bond acceptors (Lipinski definition) is 16. The molecular formula is C51H50O18. The van der Waals surface area contributed by atoms with E-state index >= 15 is 0 Å². The molecule has 0 radical (unpaired) electrons. The van der Waals surface area contributed by atoms with E-state index in [4.69, 9.17) is 37.9 Å². The van der Waals surface area contributed by atoms with Crippen molar-refractivity contribution in [1.82, 2.24) is 0 Å². The molecule has 0 heterocycles. The van der Waals surface area contributed by atoms with Gasteiger partial charge in [0.05, 0.1) is 49.4 Å². The quantitative estimate of drug-likeness (QED) is 0.0279. The number of unbranched alkanes of at least 4 members (excludes halogenated alkanes) is 2. The van der Waals surface area contributed by atoms with Crippen molar-refractivity contribution in [2.24, 2.45) is 11.8 Å². The van der Waals surface area contributed by atoms with Crippen LogP contribution in [0.1, 0.15) is 98.4 Å². The van der Waals surface area contributed by atoms with E-state index in [1.165, 1.54) is 48.5 Å². The predicted octanol–water partition coefficient (Wildman–Crippen LogP) is 7.75. The molecule has 1 saturated carbocycles. The van der Waals surface area contributed by atoms with Gasteiger partial charge in [-0.25, -0.2) is 28.8 Å². The third-order valence-electron chi connectivity index (χ3n) is 10.5. The maximum Gasteiger partial charge on any atom is 0.343 e. The number of carboxylic acid groups (broad SMARTS) is 2. The molecule has 0 spiro atoms. The molecule has 2 N–H and O–H groups in total. The summed E-state index contributed by atoms with van der Waals surface area (Å²) in [5.74, 6) is -8.37. The molecule has 0 amide bonds. The Kier molecular flexibility index (Phi) is 19.8. The van der Waals surface area contributed by atoms with E-state index in [2.05, 4.69) is 13.2 Å². The molecular weight excluding hydrogens is 901 g/mol. The van der Waals surface area contributed by atoms with Gasteiger partial charge in [-0.3, -0.25) is 9.59 Å². The first-order chi connectivity index (χ1) is 33.2. The maximum absolute atomic E-state index is 13.1. The number of benzene rings is 4. The zero-order valence-corrected chi connectivity index (χ0v) is 37.4. The van der Waals surface area contributed by atoms with Crippen LogP contribution in [0.25, 0.3) is 0 Å². The first-order valence-corrected chi connectivity index (χ1v) is 21.8. The molecule has 0 aromatic heterocycles. The van der Waals surface area contributed by atoms with Crippen molar-refractivity contribution in [3.8, 4) is 28.7 Å². The monoisotopic (exact) mass is 950 g/mol. The molecule has 1 fully saturated rings. The zero-order chi connectivity index (χ0) is 49.7. The van der Waals surface area contributed by atoms with E-state index < -0.39 is 70.7 Å². The minimum atomic E-state index is -1.44. The summed E-state index contributed by atoms with van der Waals surface area (Å²) in [5, 5.41) is 19.7. The second-order valence-corrected chi connectivity index (χ2v) is 15.4. The van der Waals surface area contributed by atoms with E-state index in [1.54, 1.807) is 24.3 Å². The van der Waals surface area contributed by atoms with Gasteiger partial charge in [-0.05, 0) is 130 Å². The van der Waals surface area contributed by atoms with E-state index in [0.717, 1.165) is 29.8 Å². The Bertz CT molecular complexity index is 2500. The van der Waals surface area contributed by atoms with Crippen LogP contribution in [0.2, 0.25) is 0 Å². The number of carboxylic acids is 2. The Morgan fingerprint density at radius 1 is 0.507 bits per heavy atom. The number of aromatic carboxylic acids is 2. The Morgan fingerprint density at radius 2 is 0.913 bits per heavy atom. The fourth-order valence-corrected chi connectivity index (χ4v) is 6.72. The van der Waals surface area contributed by atoms with Gasteiger partial charge in [0, 0.05) is 18.8 Å². The molecule has 1 aliphatic carbocycles. The average molecular weight is 951 g/mol. The molecule has 69 heavy (non-hydrogen) atoms. The lowest BCUT2D eigenvalue weighted by Gasteiger charge is -2.26. The van der Waals surface area contributed by atoms with Crippen LogP contribution in [0.5, 0.6) is 28.7 Å². The number of rotatable bonds is 25. The van der Waals surface area contributed by atoms with Gasteiger partial charge in [0.1, 0.15) is 39.9 Å². The summed E-state index contributed by atoms with van der Waals surface area (Å²) in [6, 6.07) is 19.5. The summed E-state index contributed by atoms with van der Waals surface area (Å²) < 4.78 is 42.8. The van der Waals surface area contributed by atoms with Gasteiger partial charge in [-0.15, -0.1) is 0 Å². The highest BCUT2D eigenvalue weighted by atomic mass is 16.6. The van der Waals surface area contributed by atoms with Gasteiger partial charge in [-0.1, -0.05) is 25.3 Å². The van der Waals surface area contributed by atoms with Gasteiger partial charge in [0.2, 0.25) is 0 Å². The lowest BCUT2D eigenvalue weighted by Crippen LogP contribution is -2.30. The number of hydrogen-bond donors (Lipinski definition) is 2. The van der Waals surface area contributed by atoms with Crippen molar-refractivity contribution in [3.63, 3.8) is 0 Å². The normalized spacial score (nSPS) is 14.0. The molecule has 0 saturated heterocycles. The van der Waals surface area contributed by atoms with Gasteiger partial charge in [-0.2, -0.15) is 0 Å². The number of carbonyl (C=O) groups excluding carboxylic acids is 6. The third-order valence-corrected chi connectivity index (χ3v) is 10.5. The van der Waals surface area contributed by atoms with Crippen molar-refractivity contribution >= 4 is 47.8 Å². The second kappa shape index (κ2) is 26.3. The van der Waals surface area contributed by atoms with Gasteiger partial charge in [0.15, 0.2) is 0 Å². The molecule has 5 rings (SSSR count). The van der Waals surface area contributed by atoms with Crippen molar-refractivity contribution in [2.75, 3.05) is 26.4 Å². The summed E-state index contributed by atoms with van der Waals surface area (Å²) in [5.41, 5.74) is 0.193. The van der Waals surface area contributed by atoms with Crippen LogP contribution in [0.15, 0.2) is 110 Å². The lowest BCUT2D eigenvalue weighted by molar-refractivity contribution is -0.145. The molecule has 362 valence electrons. The third kappa shape index (κ3) is 16.3. The standard InChI is InChI=1S/C51H50O18/c1-3-44(52)64-27-6-5-25-62-31-32-9-11-33(12-10-32)50(60)68-42-23-21-38(29-40(42)46(54)55)66-48(58)34-13-15-35(16-14-34)49(59)67-39-22-24-43(41(30-39)47(56)57)69-51(61)36-17-19-37(20-18-36)63-26-7-8-28-65-45(53)4-2/h3-4,9-12,17-24,29-30,34-35H,1-2,5-8,13-16,25-28,31H2,(H,54,55)(H,56,57). The van der Waals surface area contributed by atoms with Crippen molar-refractivity contribution in [1.29, 1.82) is 0 Å². The highest BCUT2D eigenvalue weighted by Gasteiger charge is 2.33. The average Bonchev–Trinajstić information content (AvgIpc) is 3.35. The molecule has 1 aliphatic rings. The Balaban J connectivity index is 1.06. The summed E-state index contributed by atoms with van der Waals surface area (Å²) in [7, 11) is 0. The Labute approximate surface area is 396 Å². The number of esters is 6. The first kappa shape index (κ1) is 51.9. The molecule has 18 nitrogen and oxygen atoms in total. The van der Waals surface area contributed by atoms with Crippen LogP contribution in [0, 0.1) is 11.8 Å². The van der Waals surface area contributed by atoms with E-state index in [1.807, 2.05) is 0 Å². The summed E-state index contributed by atoms with van der Waals surface area (Å²) in [6.45, 7) is 8.19. The molecule has 0 atom stereocenters. The fourth-order valence-electron chi connectivity index (χ4n) is 6.72. The van der Waals surface area contributed by atoms with Crippen LogP contribution in [0.3, 0.4) is 0 Å². The van der Waals surface area contributed by atoms with E-state index in [0.29, 0.717) is 44.6 Å². The summed E-state index contributed by atoms with van der Waals surface area (Å²) in [4.78, 5) is 98.5. The maximum atomic E-state index is 13.1. The molecule has 0 aliphatic heterocycles. The van der Waals surface area contributed by atoms with Crippen molar-refractivity contribution < 1.29 is 86.5 Å². The van der Waals surface area contributed by atoms with Crippen LogP contribution >= 0.6 is 0 Å². The molecule has 0 unspecified atom stereocenters. The SMILES string of the molecule is C=CC(=O)OCCCCOCc1ccc(C(=O)Oc2ccc(OC(=O)C3CCC(C(=O)Oc4ccc(OC(=O)c5ccc(OCCCCOC(=O)C=C)cc5)c(C(=O)O)c4)CC3)cc2C(=O)O)cc1. The Hall–Kier alpha value is -8.12. The van der Waals surface area contributed by atoms with Crippen LogP contribution < -0.4 is 23.7 Å².